The SMILES string of the molecule is CCc1ccc(-c2nc(S[C@@H](C)C(=O)NC34CC5CC(CC(C5)C3)C4)n[nH]2)cc1. The summed E-state index contributed by atoms with van der Waals surface area (Å²) in [6.07, 6.45) is 8.73. The van der Waals surface area contributed by atoms with Gasteiger partial charge in [-0.15, -0.1) is 5.10 Å². The zero-order chi connectivity index (χ0) is 20.0. The first-order valence-electron chi connectivity index (χ1n) is 11.0. The second-order valence-corrected chi connectivity index (χ2v) is 10.8. The maximum atomic E-state index is 13.0. The Bertz CT molecular complexity index is 855. The van der Waals surface area contributed by atoms with Crippen LogP contribution >= 0.6 is 11.8 Å². The van der Waals surface area contributed by atoms with E-state index in [0.717, 1.165) is 35.6 Å². The molecule has 6 heteroatoms. The van der Waals surface area contributed by atoms with Crippen LogP contribution in [0.1, 0.15) is 57.9 Å². The van der Waals surface area contributed by atoms with Crippen molar-refractivity contribution in [2.45, 2.75) is 74.7 Å². The maximum Gasteiger partial charge on any atom is 0.233 e. The number of rotatable bonds is 6. The minimum atomic E-state index is -0.200. The van der Waals surface area contributed by atoms with Crippen LogP contribution in [0.15, 0.2) is 29.4 Å². The molecule has 6 rings (SSSR count). The van der Waals surface area contributed by atoms with E-state index >= 15 is 0 Å². The van der Waals surface area contributed by atoms with Crippen molar-refractivity contribution in [2.24, 2.45) is 17.8 Å². The molecule has 0 radical (unpaired) electrons. The van der Waals surface area contributed by atoms with Crippen molar-refractivity contribution in [1.29, 1.82) is 0 Å². The topological polar surface area (TPSA) is 70.7 Å². The highest BCUT2D eigenvalue weighted by atomic mass is 32.2. The Morgan fingerprint density at radius 3 is 2.38 bits per heavy atom. The second-order valence-electron chi connectivity index (χ2n) is 9.46. The Morgan fingerprint density at radius 2 is 1.79 bits per heavy atom. The molecular formula is C23H30N4OS. The predicted octanol–water partition coefficient (Wildman–Crippen LogP) is 4.60. The van der Waals surface area contributed by atoms with Gasteiger partial charge < -0.3 is 5.32 Å². The summed E-state index contributed by atoms with van der Waals surface area (Å²) in [7, 11) is 0. The number of hydrogen-bond acceptors (Lipinski definition) is 4. The third kappa shape index (κ3) is 3.83. The summed E-state index contributed by atoms with van der Waals surface area (Å²) in [6, 6.07) is 8.37. The summed E-state index contributed by atoms with van der Waals surface area (Å²) in [6.45, 7) is 4.11. The number of aromatic amines is 1. The van der Waals surface area contributed by atoms with Gasteiger partial charge in [0.2, 0.25) is 11.1 Å². The molecule has 1 aromatic carbocycles. The van der Waals surface area contributed by atoms with Gasteiger partial charge in [-0.3, -0.25) is 9.89 Å². The first-order chi connectivity index (χ1) is 14.0. The number of hydrogen-bond donors (Lipinski definition) is 2. The van der Waals surface area contributed by atoms with E-state index in [2.05, 4.69) is 51.7 Å². The van der Waals surface area contributed by atoms with E-state index in [0.29, 0.717) is 5.16 Å². The highest BCUT2D eigenvalue weighted by Gasteiger charge is 2.51. The molecule has 1 heterocycles. The Kier molecular flexibility index (Phi) is 4.93. The molecule has 0 spiro atoms. The van der Waals surface area contributed by atoms with Crippen LogP contribution in [0.4, 0.5) is 0 Å². The lowest BCUT2D eigenvalue weighted by molar-refractivity contribution is -0.126. The van der Waals surface area contributed by atoms with E-state index in [1.165, 1.54) is 55.9 Å². The number of carbonyl (C=O) groups is 1. The van der Waals surface area contributed by atoms with E-state index in [-0.39, 0.29) is 16.7 Å². The van der Waals surface area contributed by atoms with Crippen molar-refractivity contribution in [3.05, 3.63) is 29.8 Å². The Morgan fingerprint density at radius 1 is 1.17 bits per heavy atom. The lowest BCUT2D eigenvalue weighted by Gasteiger charge is -2.57. The lowest BCUT2D eigenvalue weighted by atomic mass is 9.53. The molecule has 2 aromatic rings. The number of aryl methyl sites for hydroxylation is 1. The number of thioether (sulfide) groups is 1. The van der Waals surface area contributed by atoms with Crippen LogP contribution in [0.5, 0.6) is 0 Å². The number of aromatic nitrogens is 3. The second kappa shape index (κ2) is 7.46. The van der Waals surface area contributed by atoms with Crippen LogP contribution in [0.2, 0.25) is 0 Å². The van der Waals surface area contributed by atoms with E-state index in [1.807, 2.05) is 6.92 Å². The molecule has 4 fully saturated rings. The van der Waals surface area contributed by atoms with Gasteiger partial charge in [-0.05, 0) is 75.2 Å². The lowest BCUT2D eigenvalue weighted by Crippen LogP contribution is -2.60. The Labute approximate surface area is 176 Å². The highest BCUT2D eigenvalue weighted by Crippen LogP contribution is 2.55. The molecule has 29 heavy (non-hydrogen) atoms. The molecule has 2 N–H and O–H groups in total. The van der Waals surface area contributed by atoms with Crippen LogP contribution in [-0.4, -0.2) is 31.9 Å². The van der Waals surface area contributed by atoms with E-state index in [9.17, 15) is 4.79 Å². The average Bonchev–Trinajstić information content (AvgIpc) is 3.15. The normalized spacial score (nSPS) is 31.0. The summed E-state index contributed by atoms with van der Waals surface area (Å²) in [5.41, 5.74) is 2.39. The molecular weight excluding hydrogens is 380 g/mol. The monoisotopic (exact) mass is 410 g/mol. The zero-order valence-corrected chi connectivity index (χ0v) is 18.1. The first-order valence-corrected chi connectivity index (χ1v) is 11.9. The van der Waals surface area contributed by atoms with Gasteiger partial charge in [0.05, 0.1) is 5.25 Å². The van der Waals surface area contributed by atoms with Gasteiger partial charge in [0.1, 0.15) is 0 Å². The van der Waals surface area contributed by atoms with E-state index in [1.54, 1.807) is 0 Å². The molecule has 4 bridgehead atoms. The molecule has 0 aliphatic heterocycles. The van der Waals surface area contributed by atoms with Crippen molar-refractivity contribution in [1.82, 2.24) is 20.5 Å². The predicted molar refractivity (Wildman–Crippen MR) is 116 cm³/mol. The van der Waals surface area contributed by atoms with Gasteiger partial charge in [-0.25, -0.2) is 4.98 Å². The van der Waals surface area contributed by atoms with Crippen LogP contribution in [0, 0.1) is 17.8 Å². The van der Waals surface area contributed by atoms with Crippen molar-refractivity contribution in [3.8, 4) is 11.4 Å². The molecule has 0 unspecified atom stereocenters. The van der Waals surface area contributed by atoms with Crippen molar-refractivity contribution < 1.29 is 4.79 Å². The number of amides is 1. The zero-order valence-electron chi connectivity index (χ0n) is 17.3. The Hall–Kier alpha value is -1.82. The van der Waals surface area contributed by atoms with Crippen LogP contribution < -0.4 is 5.32 Å². The summed E-state index contributed by atoms with van der Waals surface area (Å²) in [5, 5.41) is 11.3. The molecule has 1 atom stereocenters. The summed E-state index contributed by atoms with van der Waals surface area (Å²) in [4.78, 5) is 17.6. The number of H-pyrrole nitrogens is 1. The average molecular weight is 411 g/mol. The minimum Gasteiger partial charge on any atom is -0.350 e. The Balaban J connectivity index is 1.22. The molecule has 1 aromatic heterocycles. The molecule has 4 aliphatic rings. The van der Waals surface area contributed by atoms with Gasteiger partial charge in [0.15, 0.2) is 5.82 Å². The fourth-order valence-corrected chi connectivity index (χ4v) is 6.89. The maximum absolute atomic E-state index is 13.0. The van der Waals surface area contributed by atoms with Crippen LogP contribution in [0.3, 0.4) is 0 Å². The standard InChI is InChI=1S/C23H30N4OS/c1-3-15-4-6-19(7-5-15)20-24-22(27-26-20)29-14(2)21(28)25-23-11-16-8-17(12-23)10-18(9-16)13-23/h4-7,14,16-18H,3,8-13H2,1-2H3,(H,25,28)(H,24,26,27)/t14-,16?,17?,18?,23?/m0/s1. The molecule has 4 saturated carbocycles. The molecule has 4 aliphatic carbocycles. The number of nitrogens with one attached hydrogen (secondary N) is 2. The molecule has 1 amide bonds. The minimum absolute atomic E-state index is 0.0613. The fourth-order valence-electron chi connectivity index (χ4n) is 6.16. The van der Waals surface area contributed by atoms with Crippen LogP contribution in [-0.2, 0) is 11.2 Å². The summed E-state index contributed by atoms with van der Waals surface area (Å²) >= 11 is 1.44. The quantitative estimate of drug-likeness (QED) is 0.683. The van der Waals surface area contributed by atoms with Gasteiger partial charge in [-0.2, -0.15) is 0 Å². The largest absolute Gasteiger partial charge is 0.350 e. The van der Waals surface area contributed by atoms with Gasteiger partial charge in [0.25, 0.3) is 0 Å². The highest BCUT2D eigenvalue weighted by molar-refractivity contribution is 8.00. The van der Waals surface area contributed by atoms with Crippen LogP contribution in [0.25, 0.3) is 11.4 Å². The summed E-state index contributed by atoms with van der Waals surface area (Å²) < 4.78 is 0. The van der Waals surface area contributed by atoms with Gasteiger partial charge >= 0.3 is 0 Å². The number of nitrogens with zero attached hydrogens (tertiary/aromatic N) is 2. The first kappa shape index (κ1) is 19.2. The van der Waals surface area contributed by atoms with E-state index in [4.69, 9.17) is 0 Å². The summed E-state index contributed by atoms with van der Waals surface area (Å²) in [5.74, 6) is 3.39. The molecule has 5 nitrogen and oxygen atoms in total. The third-order valence-corrected chi connectivity index (χ3v) is 8.14. The van der Waals surface area contributed by atoms with Crippen molar-refractivity contribution in [3.63, 3.8) is 0 Å². The molecule has 154 valence electrons. The number of benzene rings is 1. The fraction of sp³-hybridized carbons (Fsp3) is 0.609. The van der Waals surface area contributed by atoms with Gasteiger partial charge in [-0.1, -0.05) is 43.0 Å². The van der Waals surface area contributed by atoms with Gasteiger partial charge in [0, 0.05) is 11.1 Å². The molecule has 0 saturated heterocycles. The van der Waals surface area contributed by atoms with Crippen molar-refractivity contribution >= 4 is 17.7 Å². The third-order valence-electron chi connectivity index (χ3n) is 7.18. The smallest absolute Gasteiger partial charge is 0.233 e. The van der Waals surface area contributed by atoms with E-state index < -0.39 is 0 Å². The number of carbonyl (C=O) groups excluding carboxylic acids is 1. The van der Waals surface area contributed by atoms with Crippen molar-refractivity contribution in [2.75, 3.05) is 0 Å².